The van der Waals surface area contributed by atoms with Crippen molar-refractivity contribution in [3.8, 4) is 11.6 Å². The number of rotatable bonds is 4. The third-order valence-electron chi connectivity index (χ3n) is 3.97. The average molecular weight is 410 g/mol. The first-order chi connectivity index (χ1) is 13.2. The topological polar surface area (TPSA) is 114 Å². The van der Waals surface area contributed by atoms with E-state index in [-0.39, 0.29) is 0 Å². The number of ether oxygens (including phenoxy) is 2. The summed E-state index contributed by atoms with van der Waals surface area (Å²) in [4.78, 5) is 15.3. The van der Waals surface area contributed by atoms with Gasteiger partial charge in [-0.2, -0.15) is 13.8 Å². The summed E-state index contributed by atoms with van der Waals surface area (Å²) in [6.07, 6.45) is -4.87. The Bertz CT molecular complexity index is 942. The van der Waals surface area contributed by atoms with Gasteiger partial charge in [-0.1, -0.05) is 0 Å². The van der Waals surface area contributed by atoms with Crippen molar-refractivity contribution in [3.05, 3.63) is 51.8 Å². The molecule has 152 valence electrons. The van der Waals surface area contributed by atoms with Crippen molar-refractivity contribution in [2.24, 2.45) is 0 Å². The number of aliphatic hydroxyl groups is 3. The maximum atomic E-state index is 13.6. The molecule has 0 unspecified atom stereocenters. The molecule has 0 bridgehead atoms. The van der Waals surface area contributed by atoms with Crippen molar-refractivity contribution >= 4 is 0 Å². The van der Waals surface area contributed by atoms with Crippen molar-refractivity contribution in [2.45, 2.75) is 24.5 Å². The van der Waals surface area contributed by atoms with Gasteiger partial charge in [-0.3, -0.25) is 4.57 Å². The fraction of sp³-hybridized carbons (Fsp3) is 0.333. The van der Waals surface area contributed by atoms with Crippen LogP contribution in [-0.2, 0) is 4.74 Å². The van der Waals surface area contributed by atoms with Crippen molar-refractivity contribution < 1.29 is 46.7 Å². The maximum Gasteiger partial charge on any atom is 0.353 e. The van der Waals surface area contributed by atoms with Gasteiger partial charge < -0.3 is 24.8 Å². The van der Waals surface area contributed by atoms with Crippen LogP contribution in [0.4, 0.5) is 22.0 Å². The molecule has 0 amide bonds. The third kappa shape index (κ3) is 3.22. The summed E-state index contributed by atoms with van der Waals surface area (Å²) in [5, 5.41) is 28.6. The lowest BCUT2D eigenvalue weighted by molar-refractivity contribution is -0.0550. The fourth-order valence-corrected chi connectivity index (χ4v) is 2.54. The number of aromatic nitrogens is 2. The monoisotopic (exact) mass is 410 g/mol. The molecule has 1 aromatic heterocycles. The van der Waals surface area contributed by atoms with Crippen LogP contribution in [0.1, 0.15) is 6.23 Å². The largest absolute Gasteiger partial charge is 0.432 e. The summed E-state index contributed by atoms with van der Waals surface area (Å²) in [6.45, 7) is -0.654. The minimum Gasteiger partial charge on any atom is -0.432 e. The Morgan fingerprint density at radius 3 is 2.11 bits per heavy atom. The minimum absolute atomic E-state index is 0.654. The van der Waals surface area contributed by atoms with Crippen LogP contribution in [0, 0.1) is 29.1 Å². The quantitative estimate of drug-likeness (QED) is 0.379. The minimum atomic E-state index is -2.38. The fourth-order valence-electron chi connectivity index (χ4n) is 2.54. The molecule has 1 saturated heterocycles. The lowest BCUT2D eigenvalue weighted by Gasteiger charge is -2.17. The molecule has 13 heteroatoms. The van der Waals surface area contributed by atoms with Crippen molar-refractivity contribution in [1.29, 1.82) is 0 Å². The van der Waals surface area contributed by atoms with Crippen LogP contribution < -0.4 is 10.4 Å². The van der Waals surface area contributed by atoms with Gasteiger partial charge in [0.25, 0.3) is 0 Å². The van der Waals surface area contributed by atoms with Crippen LogP contribution in [0.25, 0.3) is 0 Å². The molecule has 3 N–H and O–H groups in total. The molecule has 1 aliphatic rings. The third-order valence-corrected chi connectivity index (χ3v) is 3.97. The summed E-state index contributed by atoms with van der Waals surface area (Å²) < 4.78 is 77.0. The molecular weight excluding hydrogens is 399 g/mol. The Kier molecular flexibility index (Phi) is 5.34. The molecule has 0 aliphatic carbocycles. The van der Waals surface area contributed by atoms with Crippen molar-refractivity contribution in [2.75, 3.05) is 6.61 Å². The first kappa shape index (κ1) is 20.1. The first-order valence-electron chi connectivity index (χ1n) is 7.58. The second-order valence-electron chi connectivity index (χ2n) is 5.69. The van der Waals surface area contributed by atoms with E-state index in [9.17, 15) is 37.0 Å². The van der Waals surface area contributed by atoms with Crippen LogP contribution in [0.3, 0.4) is 0 Å². The van der Waals surface area contributed by atoms with Gasteiger partial charge in [0.2, 0.25) is 40.7 Å². The zero-order chi connectivity index (χ0) is 20.7. The molecule has 1 aliphatic heterocycles. The highest BCUT2D eigenvalue weighted by atomic mass is 19.2. The summed E-state index contributed by atoms with van der Waals surface area (Å²) in [6, 6.07) is 0.828. The number of hydrogen-bond donors (Lipinski definition) is 3. The van der Waals surface area contributed by atoms with Gasteiger partial charge in [-0.05, 0) is 0 Å². The summed E-state index contributed by atoms with van der Waals surface area (Å²) in [5.74, 6) is -13.8. The molecule has 4 atom stereocenters. The summed E-state index contributed by atoms with van der Waals surface area (Å²) >= 11 is 0. The average Bonchev–Trinajstić information content (AvgIpc) is 2.96. The van der Waals surface area contributed by atoms with Crippen LogP contribution in [0.2, 0.25) is 0 Å². The Hall–Kier alpha value is -2.61. The van der Waals surface area contributed by atoms with Crippen LogP contribution >= 0.6 is 0 Å². The highest BCUT2D eigenvalue weighted by Crippen LogP contribution is 2.32. The summed E-state index contributed by atoms with van der Waals surface area (Å²) in [5.41, 5.74) is -1.20. The molecule has 28 heavy (non-hydrogen) atoms. The molecule has 8 nitrogen and oxygen atoms in total. The highest BCUT2D eigenvalue weighted by Gasteiger charge is 2.43. The van der Waals surface area contributed by atoms with Crippen LogP contribution in [0.5, 0.6) is 11.6 Å². The van der Waals surface area contributed by atoms with Gasteiger partial charge in [0.05, 0.1) is 6.61 Å². The number of halogens is 5. The van der Waals surface area contributed by atoms with E-state index in [0.29, 0.717) is 4.57 Å². The number of hydrogen-bond acceptors (Lipinski definition) is 7. The van der Waals surface area contributed by atoms with Gasteiger partial charge in [0.1, 0.15) is 18.3 Å². The molecule has 1 aromatic carbocycles. The van der Waals surface area contributed by atoms with Gasteiger partial charge in [-0.25, -0.2) is 18.0 Å². The van der Waals surface area contributed by atoms with E-state index in [1.165, 1.54) is 0 Å². The van der Waals surface area contributed by atoms with Crippen molar-refractivity contribution in [1.82, 2.24) is 9.55 Å². The zero-order valence-corrected chi connectivity index (χ0v) is 13.5. The maximum absolute atomic E-state index is 13.6. The summed E-state index contributed by atoms with van der Waals surface area (Å²) in [7, 11) is 0. The lowest BCUT2D eigenvalue weighted by Crippen LogP contribution is -2.35. The second-order valence-corrected chi connectivity index (χ2v) is 5.69. The van der Waals surface area contributed by atoms with Gasteiger partial charge in [0.15, 0.2) is 6.23 Å². The van der Waals surface area contributed by atoms with E-state index in [1.807, 2.05) is 0 Å². The lowest BCUT2D eigenvalue weighted by atomic mass is 10.1. The highest BCUT2D eigenvalue weighted by molar-refractivity contribution is 5.32. The molecular formula is C15H11F5N2O6. The van der Waals surface area contributed by atoms with E-state index in [0.717, 1.165) is 12.3 Å². The molecule has 2 heterocycles. The molecule has 1 fully saturated rings. The smallest absolute Gasteiger partial charge is 0.353 e. The molecule has 2 aromatic rings. The van der Waals surface area contributed by atoms with Crippen LogP contribution in [0.15, 0.2) is 17.1 Å². The van der Waals surface area contributed by atoms with E-state index < -0.39 is 77.6 Å². The van der Waals surface area contributed by atoms with Crippen LogP contribution in [-0.4, -0.2) is 49.8 Å². The Morgan fingerprint density at radius 1 is 1.04 bits per heavy atom. The predicted molar refractivity (Wildman–Crippen MR) is 77.8 cm³/mol. The number of benzene rings is 1. The van der Waals surface area contributed by atoms with E-state index in [1.54, 1.807) is 0 Å². The van der Waals surface area contributed by atoms with Gasteiger partial charge >= 0.3 is 5.69 Å². The van der Waals surface area contributed by atoms with E-state index >= 15 is 0 Å². The molecule has 0 spiro atoms. The van der Waals surface area contributed by atoms with Crippen molar-refractivity contribution in [3.63, 3.8) is 0 Å². The Balaban J connectivity index is 1.92. The zero-order valence-electron chi connectivity index (χ0n) is 13.5. The predicted octanol–water partition coefficient (Wildman–Crippen LogP) is 0.343. The van der Waals surface area contributed by atoms with E-state index in [4.69, 9.17) is 9.84 Å². The SMILES string of the molecule is O=c1nc(Oc2c(F)c(F)c(F)c(F)c2F)ccn1[C@@H]1O[C@H](CO)[C@@H](O)[C@H]1O. The number of aliphatic hydroxyl groups excluding tert-OH is 3. The standard InChI is InChI=1S/C15H11F5N2O6/c16-6-7(17)9(19)13(10(20)8(6)18)28-5-1-2-22(15(26)21-5)14-12(25)11(24)4(3-23)27-14/h1-2,4,11-12,14,23-25H,3H2/t4-,11-,12-,14-/m1/s1. The first-order valence-corrected chi connectivity index (χ1v) is 7.58. The molecule has 0 radical (unpaired) electrons. The normalized spacial score (nSPS) is 24.6. The molecule has 0 saturated carbocycles. The van der Waals surface area contributed by atoms with Gasteiger partial charge in [0, 0.05) is 12.3 Å². The second kappa shape index (κ2) is 7.43. The number of nitrogens with zero attached hydrogens (tertiary/aromatic N) is 2. The Morgan fingerprint density at radius 2 is 1.61 bits per heavy atom. The molecule has 3 rings (SSSR count). The van der Waals surface area contributed by atoms with Gasteiger partial charge in [-0.15, -0.1) is 0 Å². The van der Waals surface area contributed by atoms with E-state index in [2.05, 4.69) is 9.72 Å². The Labute approximate surface area is 152 Å².